The van der Waals surface area contributed by atoms with Crippen LogP contribution >= 0.6 is 11.3 Å². The highest BCUT2D eigenvalue weighted by Gasteiger charge is 2.28. The summed E-state index contributed by atoms with van der Waals surface area (Å²) in [6.07, 6.45) is 6.50. The lowest BCUT2D eigenvalue weighted by atomic mass is 9.94. The minimum atomic E-state index is -0.402. The number of alkyl carbamates (subject to hydrolysis) is 1. The predicted molar refractivity (Wildman–Crippen MR) is 111 cm³/mol. The molecule has 0 fully saturated rings. The van der Waals surface area contributed by atoms with Gasteiger partial charge in [0.2, 0.25) is 5.91 Å². The van der Waals surface area contributed by atoms with Crippen LogP contribution in [0.2, 0.25) is 0 Å². The van der Waals surface area contributed by atoms with Gasteiger partial charge in [0, 0.05) is 36.7 Å². The Morgan fingerprint density at radius 2 is 2.31 bits per heavy atom. The molecule has 2 amide bonds. The van der Waals surface area contributed by atoms with Gasteiger partial charge in [-0.05, 0) is 42.9 Å². The summed E-state index contributed by atoms with van der Waals surface area (Å²) >= 11 is 1.41. The molecule has 1 unspecified atom stereocenters. The second-order valence-corrected chi connectivity index (χ2v) is 8.03. The number of hydrogen-bond acceptors (Lipinski definition) is 6. The molecule has 29 heavy (non-hydrogen) atoms. The molecule has 2 aromatic rings. The number of anilines is 1. The van der Waals surface area contributed by atoms with E-state index >= 15 is 0 Å². The Kier molecular flexibility index (Phi) is 7.19. The highest BCUT2D eigenvalue weighted by molar-refractivity contribution is 7.16. The number of rotatable bonds is 7. The fraction of sp³-hybridized carbons (Fsp3) is 0.429. The number of ether oxygens (including phenoxy) is 1. The molecule has 0 aliphatic heterocycles. The zero-order valence-electron chi connectivity index (χ0n) is 16.4. The first-order valence-corrected chi connectivity index (χ1v) is 10.6. The molecule has 7 nitrogen and oxygen atoms in total. The van der Waals surface area contributed by atoms with Gasteiger partial charge in [0.25, 0.3) is 0 Å². The monoisotopic (exact) mass is 412 g/mol. The van der Waals surface area contributed by atoms with E-state index in [2.05, 4.69) is 21.7 Å². The SMILES string of the molecule is CCCNC(=O)OC1CCc2c(sc(NC(=O)CCc3cccnc3)c2C#N)C1. The number of carbonyl (C=O) groups excluding carboxylic acids is 2. The lowest BCUT2D eigenvalue weighted by Gasteiger charge is -2.22. The van der Waals surface area contributed by atoms with Crippen molar-refractivity contribution < 1.29 is 14.3 Å². The number of nitriles is 1. The Bertz CT molecular complexity index is 905. The van der Waals surface area contributed by atoms with E-state index < -0.39 is 6.09 Å². The van der Waals surface area contributed by atoms with E-state index in [0.29, 0.717) is 49.2 Å². The normalized spacial score (nSPS) is 15.1. The number of carbonyl (C=O) groups is 2. The zero-order valence-corrected chi connectivity index (χ0v) is 17.2. The van der Waals surface area contributed by atoms with Crippen LogP contribution < -0.4 is 10.6 Å². The Morgan fingerprint density at radius 3 is 3.03 bits per heavy atom. The smallest absolute Gasteiger partial charge is 0.407 e. The van der Waals surface area contributed by atoms with Crippen molar-refractivity contribution in [1.82, 2.24) is 10.3 Å². The van der Waals surface area contributed by atoms with Crippen LogP contribution in [0.4, 0.5) is 9.80 Å². The van der Waals surface area contributed by atoms with E-state index in [1.165, 1.54) is 11.3 Å². The maximum atomic E-state index is 12.4. The summed E-state index contributed by atoms with van der Waals surface area (Å²) in [4.78, 5) is 29.2. The number of aromatic nitrogens is 1. The second-order valence-electron chi connectivity index (χ2n) is 6.93. The van der Waals surface area contributed by atoms with Crippen LogP contribution in [0.25, 0.3) is 0 Å². The number of aryl methyl sites for hydroxylation is 1. The molecule has 2 heterocycles. The van der Waals surface area contributed by atoms with Crippen molar-refractivity contribution in [3.8, 4) is 6.07 Å². The van der Waals surface area contributed by atoms with Gasteiger partial charge in [0.05, 0.1) is 5.56 Å². The minimum absolute atomic E-state index is 0.129. The molecule has 0 spiro atoms. The van der Waals surface area contributed by atoms with Gasteiger partial charge in [-0.2, -0.15) is 5.26 Å². The van der Waals surface area contributed by atoms with Crippen LogP contribution in [-0.2, 0) is 28.8 Å². The van der Waals surface area contributed by atoms with Crippen molar-refractivity contribution in [2.75, 3.05) is 11.9 Å². The molecule has 1 atom stereocenters. The van der Waals surface area contributed by atoms with E-state index in [1.807, 2.05) is 19.1 Å². The van der Waals surface area contributed by atoms with E-state index in [0.717, 1.165) is 22.4 Å². The molecule has 1 aliphatic rings. The number of thiophene rings is 1. The molecule has 0 aromatic carbocycles. The van der Waals surface area contributed by atoms with Crippen LogP contribution in [-0.4, -0.2) is 29.6 Å². The molecule has 2 aromatic heterocycles. The van der Waals surface area contributed by atoms with Crippen molar-refractivity contribution in [3.05, 3.63) is 46.1 Å². The van der Waals surface area contributed by atoms with Crippen molar-refractivity contribution in [1.29, 1.82) is 5.26 Å². The zero-order chi connectivity index (χ0) is 20.6. The molecule has 0 radical (unpaired) electrons. The largest absolute Gasteiger partial charge is 0.446 e. The van der Waals surface area contributed by atoms with Crippen LogP contribution in [0.5, 0.6) is 0 Å². The van der Waals surface area contributed by atoms with Crippen molar-refractivity contribution in [2.24, 2.45) is 0 Å². The lowest BCUT2D eigenvalue weighted by Crippen LogP contribution is -2.32. The maximum absolute atomic E-state index is 12.4. The van der Waals surface area contributed by atoms with Crippen LogP contribution in [0.15, 0.2) is 24.5 Å². The van der Waals surface area contributed by atoms with Crippen molar-refractivity contribution in [2.45, 2.75) is 51.6 Å². The third-order valence-corrected chi connectivity index (χ3v) is 5.91. The number of nitrogens with zero attached hydrogens (tertiary/aromatic N) is 2. The quantitative estimate of drug-likeness (QED) is 0.723. The number of hydrogen-bond donors (Lipinski definition) is 2. The van der Waals surface area contributed by atoms with Gasteiger partial charge in [0.1, 0.15) is 17.2 Å². The van der Waals surface area contributed by atoms with E-state index in [1.54, 1.807) is 12.4 Å². The van der Waals surface area contributed by atoms with Gasteiger partial charge in [-0.1, -0.05) is 13.0 Å². The average Bonchev–Trinajstić information content (AvgIpc) is 3.07. The van der Waals surface area contributed by atoms with Gasteiger partial charge in [-0.3, -0.25) is 9.78 Å². The minimum Gasteiger partial charge on any atom is -0.446 e. The summed E-state index contributed by atoms with van der Waals surface area (Å²) in [6.45, 7) is 2.57. The first-order chi connectivity index (χ1) is 14.1. The fourth-order valence-corrected chi connectivity index (χ4v) is 4.55. The number of amides is 2. The molecular formula is C21H24N4O3S. The molecule has 0 saturated carbocycles. The third kappa shape index (κ3) is 5.55. The average molecular weight is 413 g/mol. The first-order valence-electron chi connectivity index (χ1n) is 9.78. The molecule has 8 heteroatoms. The molecule has 152 valence electrons. The molecule has 3 rings (SSSR count). The molecule has 1 aliphatic carbocycles. The van der Waals surface area contributed by atoms with Crippen LogP contribution in [0.1, 0.15) is 47.8 Å². The topological polar surface area (TPSA) is 104 Å². The second kappa shape index (κ2) is 10.0. The van der Waals surface area contributed by atoms with Gasteiger partial charge in [-0.15, -0.1) is 11.3 Å². The Hall–Kier alpha value is -2.92. The molecule has 0 bridgehead atoms. The Balaban J connectivity index is 1.61. The van der Waals surface area contributed by atoms with E-state index in [-0.39, 0.29) is 12.0 Å². The summed E-state index contributed by atoms with van der Waals surface area (Å²) in [7, 11) is 0. The summed E-state index contributed by atoms with van der Waals surface area (Å²) in [5.74, 6) is -0.129. The van der Waals surface area contributed by atoms with Crippen LogP contribution in [0.3, 0.4) is 0 Å². The summed E-state index contributed by atoms with van der Waals surface area (Å²) < 4.78 is 5.48. The molecule has 2 N–H and O–H groups in total. The number of pyridine rings is 1. The van der Waals surface area contributed by atoms with Crippen LogP contribution in [0, 0.1) is 11.3 Å². The van der Waals surface area contributed by atoms with Gasteiger partial charge < -0.3 is 15.4 Å². The van der Waals surface area contributed by atoms with Crippen molar-refractivity contribution in [3.63, 3.8) is 0 Å². The number of fused-ring (bicyclic) bond motifs is 1. The standard InChI is InChI=1S/C21H24N4O3S/c1-2-9-24-21(27)28-15-6-7-16-17(12-22)20(29-18(16)11-15)25-19(26)8-5-14-4-3-10-23-13-14/h3-4,10,13,15H,2,5-9,11H2,1H3,(H,24,27)(H,25,26). The first kappa shape index (κ1) is 20.8. The van der Waals surface area contributed by atoms with Gasteiger partial charge in [-0.25, -0.2) is 4.79 Å². The number of nitrogens with one attached hydrogen (secondary N) is 2. The Morgan fingerprint density at radius 1 is 1.45 bits per heavy atom. The van der Waals surface area contributed by atoms with E-state index in [9.17, 15) is 14.9 Å². The highest BCUT2D eigenvalue weighted by Crippen LogP contribution is 2.38. The van der Waals surface area contributed by atoms with Gasteiger partial charge >= 0.3 is 6.09 Å². The summed E-state index contributed by atoms with van der Waals surface area (Å²) in [5, 5.41) is 15.8. The van der Waals surface area contributed by atoms with E-state index in [4.69, 9.17) is 4.74 Å². The highest BCUT2D eigenvalue weighted by atomic mass is 32.1. The molecular weight excluding hydrogens is 388 g/mol. The summed E-state index contributed by atoms with van der Waals surface area (Å²) in [5.41, 5.74) is 2.50. The fourth-order valence-electron chi connectivity index (χ4n) is 3.28. The molecule has 0 saturated heterocycles. The van der Waals surface area contributed by atoms with Gasteiger partial charge in [0.15, 0.2) is 0 Å². The Labute approximate surface area is 174 Å². The third-order valence-electron chi connectivity index (χ3n) is 4.74. The summed E-state index contributed by atoms with van der Waals surface area (Å²) in [6, 6.07) is 6.01. The lowest BCUT2D eigenvalue weighted by molar-refractivity contribution is -0.116. The maximum Gasteiger partial charge on any atom is 0.407 e. The van der Waals surface area contributed by atoms with Crippen molar-refractivity contribution >= 4 is 28.3 Å². The predicted octanol–water partition coefficient (Wildman–Crippen LogP) is 3.58.